The fourth-order valence-electron chi connectivity index (χ4n) is 3.02. The van der Waals surface area contributed by atoms with Crippen LogP contribution in [0.3, 0.4) is 0 Å². The minimum Gasteiger partial charge on any atom is -0.497 e. The first-order chi connectivity index (χ1) is 10.6. The minimum absolute atomic E-state index is 0.126. The molecule has 1 aliphatic rings. The second-order valence-corrected chi connectivity index (χ2v) is 6.24. The van der Waals surface area contributed by atoms with Gasteiger partial charge < -0.3 is 15.0 Å². The third kappa shape index (κ3) is 4.39. The van der Waals surface area contributed by atoms with Crippen LogP contribution in [0.2, 0.25) is 0 Å². The zero-order valence-electron chi connectivity index (χ0n) is 14.0. The van der Waals surface area contributed by atoms with Crippen LogP contribution in [0.5, 0.6) is 5.75 Å². The summed E-state index contributed by atoms with van der Waals surface area (Å²) in [4.78, 5) is 14.4. The van der Waals surface area contributed by atoms with E-state index in [1.807, 2.05) is 19.1 Å². The molecule has 0 aliphatic carbocycles. The van der Waals surface area contributed by atoms with Crippen molar-refractivity contribution in [2.45, 2.75) is 33.1 Å². The van der Waals surface area contributed by atoms with E-state index in [2.05, 4.69) is 29.3 Å². The minimum atomic E-state index is 0.126. The topological polar surface area (TPSA) is 41.6 Å². The molecule has 2 atom stereocenters. The Bertz CT molecular complexity index is 490. The first kappa shape index (κ1) is 16.7. The van der Waals surface area contributed by atoms with Crippen molar-refractivity contribution >= 4 is 11.6 Å². The van der Waals surface area contributed by atoms with E-state index in [-0.39, 0.29) is 11.8 Å². The van der Waals surface area contributed by atoms with Gasteiger partial charge in [0.1, 0.15) is 5.75 Å². The van der Waals surface area contributed by atoms with Gasteiger partial charge in [-0.25, -0.2) is 0 Å². The quantitative estimate of drug-likeness (QED) is 0.841. The number of carbonyl (C=O) groups is 1. The molecule has 22 heavy (non-hydrogen) atoms. The number of anilines is 1. The Hall–Kier alpha value is -1.71. The third-order valence-electron chi connectivity index (χ3n) is 4.44. The van der Waals surface area contributed by atoms with Crippen LogP contribution < -0.4 is 15.0 Å². The van der Waals surface area contributed by atoms with Gasteiger partial charge in [-0.15, -0.1) is 0 Å². The maximum Gasteiger partial charge on any atom is 0.222 e. The summed E-state index contributed by atoms with van der Waals surface area (Å²) >= 11 is 0. The Morgan fingerprint density at radius 3 is 3.05 bits per heavy atom. The molecule has 1 aliphatic heterocycles. The number of hydrogen-bond acceptors (Lipinski definition) is 3. The Morgan fingerprint density at radius 2 is 2.32 bits per heavy atom. The number of amides is 1. The summed E-state index contributed by atoms with van der Waals surface area (Å²) in [5, 5.41) is 3.11. The van der Waals surface area contributed by atoms with Gasteiger partial charge in [0.15, 0.2) is 0 Å². The normalized spacial score (nSPS) is 19.0. The van der Waals surface area contributed by atoms with Gasteiger partial charge in [-0.05, 0) is 30.9 Å². The van der Waals surface area contributed by atoms with E-state index in [9.17, 15) is 4.79 Å². The van der Waals surface area contributed by atoms with Crippen LogP contribution in [0.15, 0.2) is 24.3 Å². The summed E-state index contributed by atoms with van der Waals surface area (Å²) in [5.74, 6) is 1.74. The maximum absolute atomic E-state index is 12.0. The van der Waals surface area contributed by atoms with Crippen molar-refractivity contribution < 1.29 is 9.53 Å². The molecule has 1 fully saturated rings. The van der Waals surface area contributed by atoms with Crippen LogP contribution in [-0.4, -0.2) is 32.7 Å². The molecule has 1 aromatic rings. The highest BCUT2D eigenvalue weighted by Crippen LogP contribution is 2.26. The van der Waals surface area contributed by atoms with Crippen molar-refractivity contribution in [3.63, 3.8) is 0 Å². The van der Waals surface area contributed by atoms with E-state index in [1.54, 1.807) is 7.11 Å². The van der Waals surface area contributed by atoms with E-state index in [0.29, 0.717) is 5.92 Å². The second-order valence-electron chi connectivity index (χ2n) is 6.24. The summed E-state index contributed by atoms with van der Waals surface area (Å²) in [5.41, 5.74) is 1.20. The Labute approximate surface area is 133 Å². The summed E-state index contributed by atoms with van der Waals surface area (Å²) in [6, 6.07) is 8.18. The van der Waals surface area contributed by atoms with Crippen LogP contribution in [-0.2, 0) is 4.79 Å². The highest BCUT2D eigenvalue weighted by Gasteiger charge is 2.24. The van der Waals surface area contributed by atoms with Crippen molar-refractivity contribution in [2.24, 2.45) is 11.8 Å². The summed E-state index contributed by atoms with van der Waals surface area (Å²) < 4.78 is 5.29. The molecule has 0 saturated carbocycles. The van der Waals surface area contributed by atoms with E-state index in [4.69, 9.17) is 4.74 Å². The number of ether oxygens (including phenoxy) is 1. The highest BCUT2D eigenvalue weighted by atomic mass is 16.5. The van der Waals surface area contributed by atoms with E-state index in [0.717, 1.165) is 44.6 Å². The fourth-order valence-corrected chi connectivity index (χ4v) is 3.02. The average molecular weight is 304 g/mol. The first-order valence-electron chi connectivity index (χ1n) is 8.30. The lowest BCUT2D eigenvalue weighted by molar-refractivity contribution is -0.124. The van der Waals surface area contributed by atoms with E-state index in [1.165, 1.54) is 5.69 Å². The second kappa shape index (κ2) is 8.06. The molecule has 1 N–H and O–H groups in total. The molecule has 2 rings (SSSR count). The molecule has 0 unspecified atom stereocenters. The molecule has 1 saturated heterocycles. The molecule has 0 bridgehead atoms. The van der Waals surface area contributed by atoms with Crippen LogP contribution >= 0.6 is 0 Å². The molecule has 4 heteroatoms. The summed E-state index contributed by atoms with van der Waals surface area (Å²) in [6.45, 7) is 6.95. The van der Waals surface area contributed by atoms with Crippen LogP contribution in [0.1, 0.15) is 33.1 Å². The van der Waals surface area contributed by atoms with Crippen molar-refractivity contribution in [3.05, 3.63) is 24.3 Å². The molecule has 0 spiro atoms. The maximum atomic E-state index is 12.0. The lowest BCUT2D eigenvalue weighted by Gasteiger charge is -2.20. The Kier molecular flexibility index (Phi) is 6.10. The number of hydrogen-bond donors (Lipinski definition) is 1. The van der Waals surface area contributed by atoms with Crippen LogP contribution in [0, 0.1) is 11.8 Å². The molecule has 1 heterocycles. The molecule has 1 amide bonds. The lowest BCUT2D eigenvalue weighted by atomic mass is 10.0. The largest absolute Gasteiger partial charge is 0.497 e. The molecule has 122 valence electrons. The Balaban J connectivity index is 1.81. The van der Waals surface area contributed by atoms with Gasteiger partial charge in [0, 0.05) is 37.3 Å². The third-order valence-corrected chi connectivity index (χ3v) is 4.44. The van der Waals surface area contributed by atoms with Crippen molar-refractivity contribution in [1.82, 2.24) is 5.32 Å². The first-order valence-corrected chi connectivity index (χ1v) is 8.30. The van der Waals surface area contributed by atoms with Gasteiger partial charge in [-0.2, -0.15) is 0 Å². The molecule has 0 radical (unpaired) electrons. The summed E-state index contributed by atoms with van der Waals surface area (Å²) in [7, 11) is 1.69. The van der Waals surface area contributed by atoms with Crippen molar-refractivity contribution in [3.8, 4) is 5.75 Å². The lowest BCUT2D eigenvalue weighted by Crippen LogP contribution is -2.34. The van der Waals surface area contributed by atoms with Gasteiger partial charge in [-0.3, -0.25) is 4.79 Å². The fraction of sp³-hybridized carbons (Fsp3) is 0.611. The summed E-state index contributed by atoms with van der Waals surface area (Å²) in [6.07, 6.45) is 3.15. The van der Waals surface area contributed by atoms with E-state index < -0.39 is 0 Å². The van der Waals surface area contributed by atoms with Crippen molar-refractivity contribution in [1.29, 1.82) is 0 Å². The van der Waals surface area contributed by atoms with Crippen molar-refractivity contribution in [2.75, 3.05) is 31.6 Å². The van der Waals surface area contributed by atoms with Gasteiger partial charge in [0.2, 0.25) is 5.91 Å². The zero-order chi connectivity index (χ0) is 15.9. The monoisotopic (exact) mass is 304 g/mol. The molecule has 0 aromatic heterocycles. The van der Waals surface area contributed by atoms with Gasteiger partial charge >= 0.3 is 0 Å². The predicted octanol–water partition coefficient (Wildman–Crippen LogP) is 3.07. The molecular formula is C18H28N2O2. The van der Waals surface area contributed by atoms with Crippen LogP contribution in [0.4, 0.5) is 5.69 Å². The number of nitrogens with one attached hydrogen (secondary N) is 1. The van der Waals surface area contributed by atoms with Gasteiger partial charge in [0.05, 0.1) is 7.11 Å². The molecular weight excluding hydrogens is 276 g/mol. The number of benzene rings is 1. The predicted molar refractivity (Wildman–Crippen MR) is 90.4 cm³/mol. The average Bonchev–Trinajstić information content (AvgIpc) is 3.02. The molecule has 4 nitrogen and oxygen atoms in total. The number of nitrogens with zero attached hydrogens (tertiary/aromatic N) is 1. The van der Waals surface area contributed by atoms with Gasteiger partial charge in [-0.1, -0.05) is 26.3 Å². The smallest absolute Gasteiger partial charge is 0.222 e. The van der Waals surface area contributed by atoms with Crippen LogP contribution in [0.25, 0.3) is 0 Å². The number of rotatable bonds is 7. The number of carbonyl (C=O) groups excluding carboxylic acids is 1. The SMILES string of the molecule is CCC[C@@H](C)C(=O)NC[C@@H]1CCN(c2cccc(OC)c2)C1. The Morgan fingerprint density at radius 1 is 1.50 bits per heavy atom. The molecule has 1 aromatic carbocycles. The zero-order valence-corrected chi connectivity index (χ0v) is 14.0. The number of methoxy groups -OCH3 is 1. The van der Waals surface area contributed by atoms with E-state index >= 15 is 0 Å². The van der Waals surface area contributed by atoms with Gasteiger partial charge in [0.25, 0.3) is 0 Å². The highest BCUT2D eigenvalue weighted by molar-refractivity contribution is 5.78. The standard InChI is InChI=1S/C18H28N2O2/c1-4-6-14(2)18(21)19-12-15-9-10-20(13-15)16-7-5-8-17(11-16)22-3/h5,7-8,11,14-15H,4,6,9-10,12-13H2,1-3H3,(H,19,21)/t14-,15+/m1/s1.